The Morgan fingerprint density at radius 1 is 1.26 bits per heavy atom. The fourth-order valence-electron chi connectivity index (χ4n) is 1.57. The summed E-state index contributed by atoms with van der Waals surface area (Å²) in [6.07, 6.45) is 1.61. The number of nitrogens with one attached hydrogen (secondary N) is 2. The van der Waals surface area contributed by atoms with Gasteiger partial charge in [-0.1, -0.05) is 23.2 Å². The van der Waals surface area contributed by atoms with Gasteiger partial charge in [-0.2, -0.15) is 0 Å². The largest absolute Gasteiger partial charge is 0.372 e. The van der Waals surface area contributed by atoms with Crippen molar-refractivity contribution in [3.63, 3.8) is 0 Å². The maximum absolute atomic E-state index is 12.1. The molecular formula is C13H11Cl2N3O. The number of pyridine rings is 1. The van der Waals surface area contributed by atoms with Gasteiger partial charge in [-0.15, -0.1) is 0 Å². The van der Waals surface area contributed by atoms with Crippen LogP contribution in [0.4, 0.5) is 11.5 Å². The van der Waals surface area contributed by atoms with Crippen LogP contribution in [0.25, 0.3) is 0 Å². The Morgan fingerprint density at radius 3 is 2.74 bits per heavy atom. The summed E-state index contributed by atoms with van der Waals surface area (Å²) in [4.78, 5) is 16.2. The van der Waals surface area contributed by atoms with Crippen LogP contribution in [-0.2, 0) is 0 Å². The van der Waals surface area contributed by atoms with E-state index in [1.807, 2.05) is 0 Å². The normalized spacial score (nSPS) is 10.1. The van der Waals surface area contributed by atoms with Gasteiger partial charge in [-0.05, 0) is 30.3 Å². The zero-order valence-electron chi connectivity index (χ0n) is 10.1. The average molecular weight is 296 g/mol. The first-order valence-corrected chi connectivity index (χ1v) is 6.26. The number of benzene rings is 1. The topological polar surface area (TPSA) is 54.0 Å². The van der Waals surface area contributed by atoms with Crippen LogP contribution in [0.2, 0.25) is 10.0 Å². The van der Waals surface area contributed by atoms with Crippen molar-refractivity contribution in [2.45, 2.75) is 0 Å². The molecule has 1 aromatic heterocycles. The molecule has 1 aromatic carbocycles. The zero-order chi connectivity index (χ0) is 13.8. The molecule has 2 rings (SSSR count). The van der Waals surface area contributed by atoms with E-state index in [0.29, 0.717) is 27.1 Å². The van der Waals surface area contributed by atoms with Crippen molar-refractivity contribution in [1.82, 2.24) is 4.98 Å². The molecule has 0 aliphatic rings. The average Bonchev–Trinajstić information content (AvgIpc) is 2.41. The van der Waals surface area contributed by atoms with Crippen LogP contribution < -0.4 is 10.6 Å². The van der Waals surface area contributed by atoms with E-state index < -0.39 is 0 Å². The van der Waals surface area contributed by atoms with Gasteiger partial charge in [0.15, 0.2) is 0 Å². The fourth-order valence-corrected chi connectivity index (χ4v) is 2.02. The van der Waals surface area contributed by atoms with Crippen molar-refractivity contribution in [2.24, 2.45) is 0 Å². The second-order valence-corrected chi connectivity index (χ2v) is 4.57. The van der Waals surface area contributed by atoms with Gasteiger partial charge in [0.1, 0.15) is 5.82 Å². The molecule has 4 nitrogen and oxygen atoms in total. The third-order valence-corrected chi connectivity index (χ3v) is 3.02. The van der Waals surface area contributed by atoms with Crippen molar-refractivity contribution in [3.8, 4) is 0 Å². The van der Waals surface area contributed by atoms with Gasteiger partial charge in [0.2, 0.25) is 0 Å². The lowest BCUT2D eigenvalue weighted by Crippen LogP contribution is -2.14. The summed E-state index contributed by atoms with van der Waals surface area (Å²) in [5.41, 5.74) is 0.943. The molecule has 0 bridgehead atoms. The van der Waals surface area contributed by atoms with E-state index in [4.69, 9.17) is 23.2 Å². The molecule has 0 radical (unpaired) electrons. The molecule has 0 saturated carbocycles. The highest BCUT2D eigenvalue weighted by Gasteiger charge is 2.12. The molecule has 0 unspecified atom stereocenters. The van der Waals surface area contributed by atoms with E-state index in [1.165, 1.54) is 0 Å². The lowest BCUT2D eigenvalue weighted by molar-refractivity contribution is 0.102. The molecule has 1 amide bonds. The minimum Gasteiger partial charge on any atom is -0.372 e. The second kappa shape index (κ2) is 5.91. The number of aromatic nitrogens is 1. The smallest absolute Gasteiger partial charge is 0.259 e. The van der Waals surface area contributed by atoms with Gasteiger partial charge in [-0.3, -0.25) is 4.79 Å². The molecule has 2 N–H and O–H groups in total. The minimum atomic E-state index is -0.290. The van der Waals surface area contributed by atoms with Crippen LogP contribution in [0, 0.1) is 0 Å². The first-order chi connectivity index (χ1) is 9.11. The van der Waals surface area contributed by atoms with E-state index in [0.717, 1.165) is 0 Å². The summed E-state index contributed by atoms with van der Waals surface area (Å²) < 4.78 is 0. The number of hydrogen-bond donors (Lipinski definition) is 2. The van der Waals surface area contributed by atoms with Crippen LogP contribution >= 0.6 is 23.2 Å². The van der Waals surface area contributed by atoms with Crippen molar-refractivity contribution < 1.29 is 4.79 Å². The third-order valence-electron chi connectivity index (χ3n) is 2.47. The Balaban J connectivity index is 2.26. The highest BCUT2D eigenvalue weighted by atomic mass is 35.5. The maximum atomic E-state index is 12.1. The van der Waals surface area contributed by atoms with E-state index in [2.05, 4.69) is 15.6 Å². The van der Waals surface area contributed by atoms with E-state index >= 15 is 0 Å². The molecule has 2 aromatic rings. The predicted molar refractivity (Wildman–Crippen MR) is 78.2 cm³/mol. The molecule has 1 heterocycles. The Kier molecular flexibility index (Phi) is 4.24. The molecule has 0 aliphatic carbocycles. The summed E-state index contributed by atoms with van der Waals surface area (Å²) >= 11 is 11.8. The van der Waals surface area contributed by atoms with Gasteiger partial charge in [0.25, 0.3) is 5.91 Å². The summed E-state index contributed by atoms with van der Waals surface area (Å²) in [7, 11) is 1.70. The van der Waals surface area contributed by atoms with Crippen molar-refractivity contribution in [2.75, 3.05) is 17.7 Å². The third kappa shape index (κ3) is 3.16. The van der Waals surface area contributed by atoms with Gasteiger partial charge in [0, 0.05) is 18.3 Å². The number of carbonyl (C=O) groups is 1. The number of rotatable bonds is 3. The summed E-state index contributed by atoms with van der Waals surface area (Å²) in [5.74, 6) is 0.215. The Morgan fingerprint density at radius 2 is 2.05 bits per heavy atom. The molecular weight excluding hydrogens is 285 g/mol. The molecule has 98 valence electrons. The SMILES string of the molecule is CNc1ncccc1C(=O)Nc1ccc(Cl)cc1Cl. The molecule has 0 atom stereocenters. The maximum Gasteiger partial charge on any atom is 0.259 e. The number of hydrogen-bond acceptors (Lipinski definition) is 3. The second-order valence-electron chi connectivity index (χ2n) is 3.73. The van der Waals surface area contributed by atoms with Crippen molar-refractivity contribution >= 4 is 40.6 Å². The highest BCUT2D eigenvalue weighted by Crippen LogP contribution is 2.26. The van der Waals surface area contributed by atoms with Gasteiger partial charge in [-0.25, -0.2) is 4.98 Å². The van der Waals surface area contributed by atoms with Crippen LogP contribution in [0.1, 0.15) is 10.4 Å². The Labute approximate surface area is 120 Å². The molecule has 0 spiro atoms. The summed E-state index contributed by atoms with van der Waals surface area (Å²) in [6.45, 7) is 0. The van der Waals surface area contributed by atoms with Crippen LogP contribution in [0.15, 0.2) is 36.5 Å². The molecule has 0 fully saturated rings. The van der Waals surface area contributed by atoms with Crippen LogP contribution in [0.5, 0.6) is 0 Å². The van der Waals surface area contributed by atoms with E-state index in [9.17, 15) is 4.79 Å². The first-order valence-electron chi connectivity index (χ1n) is 5.51. The number of carbonyl (C=O) groups excluding carboxylic acids is 1. The summed E-state index contributed by atoms with van der Waals surface area (Å²) in [5, 5.41) is 6.48. The predicted octanol–water partition coefficient (Wildman–Crippen LogP) is 3.68. The number of nitrogens with zero attached hydrogens (tertiary/aromatic N) is 1. The van der Waals surface area contributed by atoms with Crippen molar-refractivity contribution in [3.05, 3.63) is 52.1 Å². The molecule has 0 aliphatic heterocycles. The monoisotopic (exact) mass is 295 g/mol. The standard InChI is InChI=1S/C13H11Cl2N3O/c1-16-12-9(3-2-6-17-12)13(19)18-11-5-4-8(14)7-10(11)15/h2-7H,1H3,(H,16,17)(H,18,19). The molecule has 0 saturated heterocycles. The number of anilines is 2. The van der Waals surface area contributed by atoms with Crippen molar-refractivity contribution in [1.29, 1.82) is 0 Å². The number of halogens is 2. The summed E-state index contributed by atoms with van der Waals surface area (Å²) in [6, 6.07) is 8.25. The van der Waals surface area contributed by atoms with Crippen LogP contribution in [0.3, 0.4) is 0 Å². The van der Waals surface area contributed by atoms with Gasteiger partial charge < -0.3 is 10.6 Å². The van der Waals surface area contributed by atoms with Gasteiger partial charge in [0.05, 0.1) is 16.3 Å². The van der Waals surface area contributed by atoms with E-state index in [1.54, 1.807) is 43.6 Å². The number of amides is 1. The molecule has 6 heteroatoms. The Bertz CT molecular complexity index is 617. The van der Waals surface area contributed by atoms with E-state index in [-0.39, 0.29) is 5.91 Å². The lowest BCUT2D eigenvalue weighted by atomic mass is 10.2. The van der Waals surface area contributed by atoms with Crippen LogP contribution in [-0.4, -0.2) is 17.9 Å². The fraction of sp³-hybridized carbons (Fsp3) is 0.0769. The minimum absolute atomic E-state index is 0.290. The lowest BCUT2D eigenvalue weighted by Gasteiger charge is -2.10. The first kappa shape index (κ1) is 13.6. The zero-order valence-corrected chi connectivity index (χ0v) is 11.6. The highest BCUT2D eigenvalue weighted by molar-refractivity contribution is 6.36. The Hall–Kier alpha value is -1.78. The quantitative estimate of drug-likeness (QED) is 0.908. The van der Waals surface area contributed by atoms with Gasteiger partial charge >= 0.3 is 0 Å². The molecule has 19 heavy (non-hydrogen) atoms.